The summed E-state index contributed by atoms with van der Waals surface area (Å²) < 4.78 is 16.8. The number of nitrogens with one attached hydrogen (secondary N) is 1. The minimum atomic E-state index is -1.57. The molecule has 1 rings (SSSR count). The summed E-state index contributed by atoms with van der Waals surface area (Å²) >= 11 is 0. The Morgan fingerprint density at radius 3 is 1.06 bits per heavy atom. The van der Waals surface area contributed by atoms with Crippen LogP contribution in [0.5, 0.6) is 0 Å². The first-order valence-electron chi connectivity index (χ1n) is 41.8. The summed E-state index contributed by atoms with van der Waals surface area (Å²) in [5.41, 5.74) is 0. The third-order valence-electron chi connectivity index (χ3n) is 20.0. The first-order chi connectivity index (χ1) is 46.7. The first-order valence-corrected chi connectivity index (χ1v) is 41.8. The van der Waals surface area contributed by atoms with Crippen LogP contribution in [0.15, 0.2) is 36.5 Å². The molecule has 0 aromatic heterocycles. The third kappa shape index (κ3) is 61.5. The number of amides is 1. The molecular formula is C84H159NO10. The van der Waals surface area contributed by atoms with Gasteiger partial charge >= 0.3 is 5.97 Å². The number of carbonyl (C=O) groups excluding carboxylic acids is 2. The van der Waals surface area contributed by atoms with Crippen molar-refractivity contribution in [3.8, 4) is 0 Å². The van der Waals surface area contributed by atoms with Crippen molar-refractivity contribution < 1.29 is 49.3 Å². The van der Waals surface area contributed by atoms with E-state index < -0.39 is 49.5 Å². The van der Waals surface area contributed by atoms with Crippen LogP contribution in [0.25, 0.3) is 0 Å². The van der Waals surface area contributed by atoms with Gasteiger partial charge in [-0.3, -0.25) is 9.59 Å². The number of ether oxygens (including phenoxy) is 3. The Kier molecular flexibility index (Phi) is 69.9. The zero-order valence-corrected chi connectivity index (χ0v) is 62.7. The van der Waals surface area contributed by atoms with Gasteiger partial charge in [0.15, 0.2) is 6.29 Å². The van der Waals surface area contributed by atoms with E-state index in [-0.39, 0.29) is 18.5 Å². The molecule has 1 saturated heterocycles. The number of aliphatic hydroxyl groups is 5. The normalized spacial score (nSPS) is 17.5. The molecule has 7 unspecified atom stereocenters. The fraction of sp³-hybridized carbons (Fsp3) is 0.905. The molecule has 11 nitrogen and oxygen atoms in total. The summed E-state index contributed by atoms with van der Waals surface area (Å²) in [5.74, 6) is -0.158. The second-order valence-corrected chi connectivity index (χ2v) is 29.2. The van der Waals surface area contributed by atoms with Gasteiger partial charge in [-0.2, -0.15) is 0 Å². The van der Waals surface area contributed by atoms with Crippen LogP contribution in [0, 0.1) is 0 Å². The van der Waals surface area contributed by atoms with E-state index in [1.165, 1.54) is 340 Å². The number of rotatable bonds is 75. The van der Waals surface area contributed by atoms with Crippen molar-refractivity contribution in [3.63, 3.8) is 0 Å². The second-order valence-electron chi connectivity index (χ2n) is 29.2. The zero-order chi connectivity index (χ0) is 68.6. The monoisotopic (exact) mass is 1340 g/mol. The fourth-order valence-electron chi connectivity index (χ4n) is 13.5. The molecule has 0 radical (unpaired) electrons. The van der Waals surface area contributed by atoms with E-state index in [1.54, 1.807) is 6.08 Å². The first kappa shape index (κ1) is 90.9. The van der Waals surface area contributed by atoms with Gasteiger partial charge in [-0.1, -0.05) is 384 Å². The molecular weight excluding hydrogens is 1180 g/mol. The van der Waals surface area contributed by atoms with Crippen LogP contribution in [0.1, 0.15) is 425 Å². The molecule has 6 N–H and O–H groups in total. The van der Waals surface area contributed by atoms with Crippen molar-refractivity contribution in [2.24, 2.45) is 0 Å². The maximum atomic E-state index is 13.0. The van der Waals surface area contributed by atoms with E-state index in [4.69, 9.17) is 14.2 Å². The molecule has 11 heteroatoms. The van der Waals surface area contributed by atoms with Crippen LogP contribution in [0.2, 0.25) is 0 Å². The number of unbranched alkanes of at least 4 members (excludes halogenated alkanes) is 57. The van der Waals surface area contributed by atoms with Crippen LogP contribution in [0.3, 0.4) is 0 Å². The van der Waals surface area contributed by atoms with Crippen LogP contribution >= 0.6 is 0 Å². The maximum Gasteiger partial charge on any atom is 0.305 e. The highest BCUT2D eigenvalue weighted by atomic mass is 16.7. The number of allylic oxidation sites excluding steroid dienone is 5. The van der Waals surface area contributed by atoms with Gasteiger partial charge in [-0.05, 0) is 64.2 Å². The molecule has 0 aliphatic carbocycles. The zero-order valence-electron chi connectivity index (χ0n) is 62.7. The highest BCUT2D eigenvalue weighted by Crippen LogP contribution is 2.24. The highest BCUT2D eigenvalue weighted by molar-refractivity contribution is 5.76. The number of carbonyl (C=O) groups is 2. The van der Waals surface area contributed by atoms with Crippen molar-refractivity contribution in [2.75, 3.05) is 19.8 Å². The number of hydrogen-bond acceptors (Lipinski definition) is 10. The van der Waals surface area contributed by atoms with E-state index in [9.17, 15) is 35.1 Å². The van der Waals surface area contributed by atoms with Gasteiger partial charge in [0, 0.05) is 12.8 Å². The van der Waals surface area contributed by atoms with Gasteiger partial charge in [-0.25, -0.2) is 0 Å². The molecule has 0 spiro atoms. The summed E-state index contributed by atoms with van der Waals surface area (Å²) in [5, 5.41) is 54.4. The van der Waals surface area contributed by atoms with Crippen LogP contribution in [0.4, 0.5) is 0 Å². The van der Waals surface area contributed by atoms with E-state index in [1.807, 2.05) is 6.08 Å². The maximum absolute atomic E-state index is 13.0. The minimum absolute atomic E-state index is 0.0198. The van der Waals surface area contributed by atoms with Gasteiger partial charge in [-0.15, -0.1) is 0 Å². The van der Waals surface area contributed by atoms with Crippen LogP contribution in [-0.4, -0.2) is 100 Å². The Bertz CT molecular complexity index is 1670. The molecule has 95 heavy (non-hydrogen) atoms. The predicted molar refractivity (Wildman–Crippen MR) is 403 cm³/mol. The molecule has 1 aliphatic rings. The Morgan fingerprint density at radius 1 is 0.389 bits per heavy atom. The minimum Gasteiger partial charge on any atom is -0.466 e. The van der Waals surface area contributed by atoms with E-state index >= 15 is 0 Å². The third-order valence-corrected chi connectivity index (χ3v) is 20.0. The van der Waals surface area contributed by atoms with Crippen molar-refractivity contribution >= 4 is 11.9 Å². The lowest BCUT2D eigenvalue weighted by molar-refractivity contribution is -0.302. The second kappa shape index (κ2) is 73.1. The van der Waals surface area contributed by atoms with E-state index in [0.717, 1.165) is 57.8 Å². The average Bonchev–Trinajstić information content (AvgIpc) is 0.872. The average molecular weight is 1340 g/mol. The van der Waals surface area contributed by atoms with Gasteiger partial charge in [0.05, 0.1) is 32.0 Å². The summed E-state index contributed by atoms with van der Waals surface area (Å²) in [6.07, 6.45) is 86.4. The summed E-state index contributed by atoms with van der Waals surface area (Å²) in [6.45, 7) is 4.38. The fourth-order valence-corrected chi connectivity index (χ4v) is 13.5. The SMILES string of the molecule is CCCCCCCCCC/C=C/C(O)C(COC1OC(CO)C(O)C(O)C1O)NC(=O)CCCCCCCCCCCCCCCCCCC/C=C\C/C=C\CCCCCCCCCCCCCCCCCOC(=O)CCCCCCCCCCCCCCCCCCCC. The molecule has 1 heterocycles. The van der Waals surface area contributed by atoms with Gasteiger partial charge in [0.2, 0.25) is 5.91 Å². The van der Waals surface area contributed by atoms with Crippen molar-refractivity contribution in [1.29, 1.82) is 0 Å². The van der Waals surface area contributed by atoms with Gasteiger partial charge in [0.1, 0.15) is 24.4 Å². The van der Waals surface area contributed by atoms with Crippen molar-refractivity contribution in [1.82, 2.24) is 5.32 Å². The van der Waals surface area contributed by atoms with E-state index in [0.29, 0.717) is 19.4 Å². The lowest BCUT2D eigenvalue weighted by Crippen LogP contribution is -2.60. The Balaban J connectivity index is 1.85. The molecule has 1 aliphatic heterocycles. The topological polar surface area (TPSA) is 175 Å². The molecule has 0 saturated carbocycles. The van der Waals surface area contributed by atoms with E-state index in [2.05, 4.69) is 43.5 Å². The van der Waals surface area contributed by atoms with Gasteiger partial charge < -0.3 is 45.1 Å². The molecule has 0 aromatic rings. The molecule has 0 bridgehead atoms. The van der Waals surface area contributed by atoms with Crippen LogP contribution < -0.4 is 5.32 Å². The largest absolute Gasteiger partial charge is 0.466 e. The molecule has 0 aromatic carbocycles. The Labute approximate surface area is 587 Å². The molecule has 7 atom stereocenters. The predicted octanol–water partition coefficient (Wildman–Crippen LogP) is 22.9. The molecule has 1 fully saturated rings. The molecule has 1 amide bonds. The lowest BCUT2D eigenvalue weighted by atomic mass is 9.99. The Hall–Kier alpha value is -2.12. The summed E-state index contributed by atoms with van der Waals surface area (Å²) in [4.78, 5) is 25.2. The quantitative estimate of drug-likeness (QED) is 0.0195. The molecule has 560 valence electrons. The number of esters is 1. The number of hydrogen-bond donors (Lipinski definition) is 6. The summed E-state index contributed by atoms with van der Waals surface area (Å²) in [6, 6.07) is -0.807. The smallest absolute Gasteiger partial charge is 0.305 e. The highest BCUT2D eigenvalue weighted by Gasteiger charge is 2.44. The standard InChI is InChI=1S/C84H159NO10/c1-3-5-7-9-11-13-15-16-17-18-43-46-49-52-56-60-64-68-72-80(89)93-73-69-65-61-57-53-50-47-44-41-39-37-35-33-31-29-27-25-23-21-19-20-22-24-26-28-30-32-34-36-38-40-42-45-48-51-55-59-63-67-71-79(88)85-76(75-94-84-83(92)82(91)81(90)78(74-86)95-84)77(87)70-66-62-58-54-14-12-10-8-6-4-2/h19-20,23,25,66,70,76-78,81-84,86-87,90-92H,3-18,21-22,24,26-65,67-69,71-75H2,1-2H3,(H,85,88)/b20-19-,25-23-,70-66+. The Morgan fingerprint density at radius 2 is 0.705 bits per heavy atom. The van der Waals surface area contributed by atoms with Crippen molar-refractivity contribution in [2.45, 2.75) is 468 Å². The lowest BCUT2D eigenvalue weighted by Gasteiger charge is -2.40. The van der Waals surface area contributed by atoms with Crippen LogP contribution in [-0.2, 0) is 23.8 Å². The number of aliphatic hydroxyl groups excluding tert-OH is 5. The van der Waals surface area contributed by atoms with Crippen molar-refractivity contribution in [3.05, 3.63) is 36.5 Å². The summed E-state index contributed by atoms with van der Waals surface area (Å²) in [7, 11) is 0. The van der Waals surface area contributed by atoms with Gasteiger partial charge in [0.25, 0.3) is 0 Å².